The van der Waals surface area contributed by atoms with E-state index in [-0.39, 0.29) is 12.2 Å². The van der Waals surface area contributed by atoms with E-state index in [1.165, 1.54) is 17.1 Å². The van der Waals surface area contributed by atoms with Gasteiger partial charge in [-0.2, -0.15) is 0 Å². The molecule has 0 unspecified atom stereocenters. The van der Waals surface area contributed by atoms with Crippen LogP contribution in [0.15, 0.2) is 49.1 Å². The molecular formula is C19H27N3O4. The number of carbonyl (C=O) groups is 1. The number of non-ortho nitro benzene ring substituents is 1. The first-order chi connectivity index (χ1) is 12.2. The maximum atomic E-state index is 12.7. The molecule has 0 aliphatic carbocycles. The summed E-state index contributed by atoms with van der Waals surface area (Å²) in [6.07, 6.45) is 5.72. The number of anilines is 1. The van der Waals surface area contributed by atoms with Crippen LogP contribution < -0.4 is 5.01 Å². The molecule has 1 amide bonds. The number of amides is 1. The Labute approximate surface area is 154 Å². The second-order valence-corrected chi connectivity index (χ2v) is 6.61. The molecule has 7 nitrogen and oxygen atoms in total. The van der Waals surface area contributed by atoms with Crippen molar-refractivity contribution in [3.8, 4) is 0 Å². The largest absolute Gasteiger partial charge is 0.442 e. The van der Waals surface area contributed by atoms with E-state index in [4.69, 9.17) is 4.74 Å². The monoisotopic (exact) mass is 361 g/mol. The number of hydrazine groups is 1. The van der Waals surface area contributed by atoms with Crippen molar-refractivity contribution in [2.24, 2.45) is 0 Å². The zero-order valence-corrected chi connectivity index (χ0v) is 15.8. The first-order valence-corrected chi connectivity index (χ1v) is 8.44. The Bertz CT molecular complexity index is 648. The molecule has 0 spiro atoms. The lowest BCUT2D eigenvalue weighted by Gasteiger charge is -2.36. The summed E-state index contributed by atoms with van der Waals surface area (Å²) in [5.74, 6) is 0. The van der Waals surface area contributed by atoms with Crippen LogP contribution in [0.3, 0.4) is 0 Å². The van der Waals surface area contributed by atoms with Crippen molar-refractivity contribution in [1.82, 2.24) is 5.01 Å². The maximum Gasteiger partial charge on any atom is 0.429 e. The highest BCUT2D eigenvalue weighted by atomic mass is 16.6. The molecule has 26 heavy (non-hydrogen) atoms. The second-order valence-electron chi connectivity index (χ2n) is 6.61. The van der Waals surface area contributed by atoms with Crippen molar-refractivity contribution in [3.63, 3.8) is 0 Å². The maximum absolute atomic E-state index is 12.7. The third-order valence-corrected chi connectivity index (χ3v) is 3.30. The first kappa shape index (κ1) is 21.2. The molecule has 7 heteroatoms. The SMILES string of the molecule is C=CCN(C(=O)OC(C)(C)C)N(CCC=CC)c1ccc([N+](=O)[O-])cc1. The van der Waals surface area contributed by atoms with Crippen LogP contribution in [-0.4, -0.2) is 34.7 Å². The lowest BCUT2D eigenvalue weighted by molar-refractivity contribution is -0.384. The molecule has 0 atom stereocenters. The Kier molecular flexibility index (Phi) is 7.83. The minimum Gasteiger partial charge on any atom is -0.442 e. The number of rotatable bonds is 8. The first-order valence-electron chi connectivity index (χ1n) is 8.44. The van der Waals surface area contributed by atoms with Gasteiger partial charge in [0.05, 0.1) is 17.2 Å². The summed E-state index contributed by atoms with van der Waals surface area (Å²) >= 11 is 0. The van der Waals surface area contributed by atoms with Gasteiger partial charge in [-0.25, -0.2) is 9.80 Å². The number of allylic oxidation sites excluding steroid dienone is 1. The van der Waals surface area contributed by atoms with E-state index in [1.54, 1.807) is 44.0 Å². The molecule has 0 bridgehead atoms. The summed E-state index contributed by atoms with van der Waals surface area (Å²) in [5.41, 5.74) is 0.0172. The molecule has 0 N–H and O–H groups in total. The highest BCUT2D eigenvalue weighted by molar-refractivity contribution is 5.71. The summed E-state index contributed by atoms with van der Waals surface area (Å²) in [4.78, 5) is 23.1. The molecule has 0 aliphatic rings. The van der Waals surface area contributed by atoms with Crippen molar-refractivity contribution in [2.45, 2.75) is 39.7 Å². The number of nitro groups is 1. The molecule has 0 saturated carbocycles. The summed E-state index contributed by atoms with van der Waals surface area (Å²) in [5, 5.41) is 14.1. The molecule has 142 valence electrons. The molecular weight excluding hydrogens is 334 g/mol. The normalized spacial score (nSPS) is 11.2. The highest BCUT2D eigenvalue weighted by Gasteiger charge is 2.26. The standard InChI is InChI=1S/C19H27N3O4/c1-6-8-9-15-20(16-10-12-17(13-11-16)22(24)25)21(14-7-2)18(23)26-19(3,4)5/h6-8,10-13H,2,9,14-15H2,1,3-5H3. The number of ether oxygens (including phenoxy) is 1. The minimum absolute atomic E-state index is 0.00491. The van der Waals surface area contributed by atoms with E-state index in [0.717, 1.165) is 0 Å². The fraction of sp³-hybridized carbons (Fsp3) is 0.421. The molecule has 0 fully saturated rings. The predicted molar refractivity (Wildman–Crippen MR) is 103 cm³/mol. The summed E-state index contributed by atoms with van der Waals surface area (Å²) < 4.78 is 5.49. The Balaban J connectivity index is 3.19. The van der Waals surface area contributed by atoms with E-state index < -0.39 is 16.6 Å². The van der Waals surface area contributed by atoms with Crippen LogP contribution >= 0.6 is 0 Å². The lowest BCUT2D eigenvalue weighted by atomic mass is 10.2. The average Bonchev–Trinajstić information content (AvgIpc) is 2.56. The van der Waals surface area contributed by atoms with Crippen LogP contribution in [0.4, 0.5) is 16.2 Å². The van der Waals surface area contributed by atoms with Gasteiger partial charge in [-0.3, -0.25) is 15.1 Å². The van der Waals surface area contributed by atoms with Crippen LogP contribution in [0.25, 0.3) is 0 Å². The average molecular weight is 361 g/mol. The van der Waals surface area contributed by atoms with Crippen LogP contribution in [0, 0.1) is 10.1 Å². The van der Waals surface area contributed by atoms with Gasteiger partial charge in [0.2, 0.25) is 0 Å². The fourth-order valence-corrected chi connectivity index (χ4v) is 2.21. The van der Waals surface area contributed by atoms with Crippen molar-refractivity contribution < 1.29 is 14.5 Å². The second kappa shape index (κ2) is 9.60. The van der Waals surface area contributed by atoms with Crippen LogP contribution in [0.1, 0.15) is 34.1 Å². The van der Waals surface area contributed by atoms with Crippen molar-refractivity contribution in [3.05, 3.63) is 59.2 Å². The number of carbonyl (C=O) groups excluding carboxylic acids is 1. The molecule has 0 aromatic heterocycles. The summed E-state index contributed by atoms with van der Waals surface area (Å²) in [7, 11) is 0. The van der Waals surface area contributed by atoms with E-state index in [0.29, 0.717) is 18.7 Å². The lowest BCUT2D eigenvalue weighted by Crippen LogP contribution is -2.49. The Morgan fingerprint density at radius 2 is 1.92 bits per heavy atom. The van der Waals surface area contributed by atoms with Gasteiger partial charge in [-0.15, -0.1) is 6.58 Å². The third-order valence-electron chi connectivity index (χ3n) is 3.30. The highest BCUT2D eigenvalue weighted by Crippen LogP contribution is 2.23. The molecule has 0 saturated heterocycles. The predicted octanol–water partition coefficient (Wildman–Crippen LogP) is 4.71. The van der Waals surface area contributed by atoms with E-state index in [2.05, 4.69) is 6.58 Å². The number of hydrogen-bond acceptors (Lipinski definition) is 5. The van der Waals surface area contributed by atoms with Crippen molar-refractivity contribution in [1.29, 1.82) is 0 Å². The number of benzene rings is 1. The molecule has 0 radical (unpaired) electrons. The van der Waals surface area contributed by atoms with Gasteiger partial charge < -0.3 is 4.74 Å². The molecule has 1 aromatic carbocycles. The number of nitro benzene ring substituents is 1. The topological polar surface area (TPSA) is 75.9 Å². The van der Waals surface area contributed by atoms with Crippen LogP contribution in [0.5, 0.6) is 0 Å². The Hall–Kier alpha value is -2.83. The Morgan fingerprint density at radius 3 is 2.38 bits per heavy atom. The zero-order valence-electron chi connectivity index (χ0n) is 15.8. The summed E-state index contributed by atoms with van der Waals surface area (Å²) in [6, 6.07) is 6.07. The molecule has 1 rings (SSSR count). The van der Waals surface area contributed by atoms with Crippen LogP contribution in [0.2, 0.25) is 0 Å². The van der Waals surface area contributed by atoms with Gasteiger partial charge in [0.1, 0.15) is 5.60 Å². The zero-order chi connectivity index (χ0) is 19.7. The van der Waals surface area contributed by atoms with E-state index >= 15 is 0 Å². The van der Waals surface area contributed by atoms with Crippen molar-refractivity contribution >= 4 is 17.5 Å². The quantitative estimate of drug-likeness (QED) is 0.381. The summed E-state index contributed by atoms with van der Waals surface area (Å²) in [6.45, 7) is 11.8. The Morgan fingerprint density at radius 1 is 1.31 bits per heavy atom. The number of nitrogens with zero attached hydrogens (tertiary/aromatic N) is 3. The molecule has 0 heterocycles. The van der Waals surface area contributed by atoms with Gasteiger partial charge in [0, 0.05) is 18.7 Å². The van der Waals surface area contributed by atoms with E-state index in [1.807, 2.05) is 19.1 Å². The smallest absolute Gasteiger partial charge is 0.429 e. The van der Waals surface area contributed by atoms with Crippen LogP contribution in [-0.2, 0) is 4.74 Å². The van der Waals surface area contributed by atoms with Gasteiger partial charge >= 0.3 is 6.09 Å². The number of hydrogen-bond donors (Lipinski definition) is 0. The molecule has 1 aromatic rings. The van der Waals surface area contributed by atoms with E-state index in [9.17, 15) is 14.9 Å². The fourth-order valence-electron chi connectivity index (χ4n) is 2.21. The van der Waals surface area contributed by atoms with Crippen molar-refractivity contribution in [2.75, 3.05) is 18.1 Å². The third kappa shape index (κ3) is 6.58. The van der Waals surface area contributed by atoms with Gasteiger partial charge in [-0.05, 0) is 46.2 Å². The minimum atomic E-state index is -0.638. The van der Waals surface area contributed by atoms with Gasteiger partial charge in [0.15, 0.2) is 0 Å². The molecule has 0 aliphatic heterocycles. The van der Waals surface area contributed by atoms with Gasteiger partial charge in [-0.1, -0.05) is 18.2 Å². The van der Waals surface area contributed by atoms with Gasteiger partial charge in [0.25, 0.3) is 5.69 Å².